The van der Waals surface area contributed by atoms with Crippen molar-refractivity contribution in [3.8, 4) is 11.1 Å². The molecule has 0 spiro atoms. The van der Waals surface area contributed by atoms with E-state index in [0.717, 1.165) is 25.7 Å². The molecule has 0 bridgehead atoms. The second-order valence-corrected chi connectivity index (χ2v) is 7.72. The monoisotopic (exact) mass is 398 g/mol. The average molecular weight is 398 g/mol. The summed E-state index contributed by atoms with van der Waals surface area (Å²) in [7, 11) is 0. The van der Waals surface area contributed by atoms with Gasteiger partial charge in [0, 0.05) is 29.1 Å². The Hall–Kier alpha value is -3.07. The molecule has 1 aliphatic carbocycles. The maximum atomic E-state index is 13.0. The van der Waals surface area contributed by atoms with E-state index in [1.807, 2.05) is 5.38 Å². The van der Waals surface area contributed by atoms with Gasteiger partial charge in [0.15, 0.2) is 0 Å². The van der Waals surface area contributed by atoms with Crippen molar-refractivity contribution in [3.05, 3.63) is 56.4 Å². The Morgan fingerprint density at radius 1 is 1.29 bits per heavy atom. The quantitative estimate of drug-likeness (QED) is 0.525. The van der Waals surface area contributed by atoms with Crippen LogP contribution in [0.25, 0.3) is 21.3 Å². The lowest BCUT2D eigenvalue weighted by molar-refractivity contribution is -0.384. The predicted molar refractivity (Wildman–Crippen MR) is 106 cm³/mol. The lowest BCUT2D eigenvalue weighted by atomic mass is 10.1. The number of aromatic nitrogens is 2. The summed E-state index contributed by atoms with van der Waals surface area (Å²) in [6.45, 7) is -0.0756. The van der Waals surface area contributed by atoms with Gasteiger partial charge in [0.25, 0.3) is 11.2 Å². The number of hydrogen-bond acceptors (Lipinski definition) is 6. The van der Waals surface area contributed by atoms with Crippen LogP contribution in [-0.2, 0) is 11.3 Å². The van der Waals surface area contributed by atoms with Crippen LogP contribution in [0.3, 0.4) is 0 Å². The standard InChI is InChI=1S/C19H18N4O4S/c24-16(21-13-3-1-2-4-13)9-22-11-20-18-17(19(22)25)15(10-28-18)12-5-7-14(8-6-12)23(26)27/h5-8,10-11,13H,1-4,9H2,(H,21,24). The SMILES string of the molecule is O=C(Cn1cnc2scc(-c3ccc([N+](=O)[O-])cc3)c2c1=O)NC1CCCC1. The zero-order valence-corrected chi connectivity index (χ0v) is 15.8. The molecule has 0 saturated heterocycles. The smallest absolute Gasteiger partial charge is 0.269 e. The number of benzene rings is 1. The number of rotatable bonds is 5. The van der Waals surface area contributed by atoms with Crippen molar-refractivity contribution in [1.29, 1.82) is 0 Å². The van der Waals surface area contributed by atoms with Gasteiger partial charge in [-0.3, -0.25) is 24.3 Å². The van der Waals surface area contributed by atoms with Gasteiger partial charge in [-0.15, -0.1) is 11.3 Å². The topological polar surface area (TPSA) is 107 Å². The molecule has 1 saturated carbocycles. The molecule has 0 unspecified atom stereocenters. The third-order valence-electron chi connectivity index (χ3n) is 4.98. The molecular weight excluding hydrogens is 380 g/mol. The molecule has 1 aromatic carbocycles. The second-order valence-electron chi connectivity index (χ2n) is 6.86. The number of non-ortho nitro benzene ring substituents is 1. The molecule has 0 atom stereocenters. The Kier molecular flexibility index (Phi) is 4.91. The number of carbonyl (C=O) groups is 1. The van der Waals surface area contributed by atoms with E-state index in [1.54, 1.807) is 12.1 Å². The molecule has 1 N–H and O–H groups in total. The molecule has 1 fully saturated rings. The molecule has 0 aliphatic heterocycles. The van der Waals surface area contributed by atoms with E-state index in [1.165, 1.54) is 34.4 Å². The molecular formula is C19H18N4O4S. The first-order chi connectivity index (χ1) is 13.5. The van der Waals surface area contributed by atoms with Gasteiger partial charge in [0.2, 0.25) is 5.91 Å². The summed E-state index contributed by atoms with van der Waals surface area (Å²) in [6, 6.07) is 6.23. The van der Waals surface area contributed by atoms with Crippen molar-refractivity contribution in [3.63, 3.8) is 0 Å². The largest absolute Gasteiger partial charge is 0.352 e. The van der Waals surface area contributed by atoms with Gasteiger partial charge < -0.3 is 5.32 Å². The van der Waals surface area contributed by atoms with Crippen LogP contribution in [0.5, 0.6) is 0 Å². The summed E-state index contributed by atoms with van der Waals surface area (Å²) in [4.78, 5) is 40.5. The molecule has 0 radical (unpaired) electrons. The van der Waals surface area contributed by atoms with E-state index in [4.69, 9.17) is 0 Å². The Balaban J connectivity index is 1.64. The number of thiophene rings is 1. The summed E-state index contributed by atoms with van der Waals surface area (Å²) in [5.74, 6) is -0.192. The van der Waals surface area contributed by atoms with Crippen LogP contribution in [0.15, 0.2) is 40.8 Å². The van der Waals surface area contributed by atoms with Gasteiger partial charge in [0.05, 0.1) is 16.6 Å². The van der Waals surface area contributed by atoms with Crippen molar-refractivity contribution in [2.45, 2.75) is 38.3 Å². The summed E-state index contributed by atoms with van der Waals surface area (Å²) in [6.07, 6.45) is 5.59. The minimum absolute atomic E-state index is 0.0117. The minimum Gasteiger partial charge on any atom is -0.352 e. The van der Waals surface area contributed by atoms with Crippen LogP contribution in [0.2, 0.25) is 0 Å². The molecule has 1 amide bonds. The van der Waals surface area contributed by atoms with Crippen LogP contribution < -0.4 is 10.9 Å². The lowest BCUT2D eigenvalue weighted by Crippen LogP contribution is -2.37. The lowest BCUT2D eigenvalue weighted by Gasteiger charge is -2.12. The van der Waals surface area contributed by atoms with Crippen LogP contribution in [0.1, 0.15) is 25.7 Å². The third-order valence-corrected chi connectivity index (χ3v) is 5.87. The first kappa shape index (κ1) is 18.3. The van der Waals surface area contributed by atoms with Crippen molar-refractivity contribution in [1.82, 2.24) is 14.9 Å². The normalized spacial score (nSPS) is 14.4. The van der Waals surface area contributed by atoms with E-state index in [9.17, 15) is 19.7 Å². The van der Waals surface area contributed by atoms with Crippen LogP contribution in [0, 0.1) is 10.1 Å². The number of nitrogens with zero attached hydrogens (tertiary/aromatic N) is 3. The van der Waals surface area contributed by atoms with Gasteiger partial charge in [-0.2, -0.15) is 0 Å². The van der Waals surface area contributed by atoms with E-state index in [-0.39, 0.29) is 29.7 Å². The maximum absolute atomic E-state index is 13.0. The molecule has 3 aromatic rings. The van der Waals surface area contributed by atoms with Crippen LogP contribution >= 0.6 is 11.3 Å². The zero-order chi connectivity index (χ0) is 19.7. The van der Waals surface area contributed by atoms with Gasteiger partial charge >= 0.3 is 0 Å². The number of carbonyl (C=O) groups excluding carboxylic acids is 1. The van der Waals surface area contributed by atoms with Crippen LogP contribution in [0.4, 0.5) is 5.69 Å². The molecule has 1 aliphatic rings. The number of nitro groups is 1. The highest BCUT2D eigenvalue weighted by Crippen LogP contribution is 2.31. The Morgan fingerprint density at radius 2 is 2.00 bits per heavy atom. The summed E-state index contributed by atoms with van der Waals surface area (Å²) >= 11 is 1.33. The highest BCUT2D eigenvalue weighted by atomic mass is 32.1. The van der Waals surface area contributed by atoms with Gasteiger partial charge in [-0.25, -0.2) is 4.98 Å². The molecule has 2 aromatic heterocycles. The minimum atomic E-state index is -0.465. The fourth-order valence-electron chi connectivity index (χ4n) is 3.55. The third kappa shape index (κ3) is 3.53. The first-order valence-electron chi connectivity index (χ1n) is 9.04. The molecule has 8 nitrogen and oxygen atoms in total. The van der Waals surface area contributed by atoms with E-state index in [2.05, 4.69) is 10.3 Å². The summed E-state index contributed by atoms with van der Waals surface area (Å²) < 4.78 is 1.31. The second kappa shape index (κ2) is 7.51. The first-order valence-corrected chi connectivity index (χ1v) is 9.92. The fourth-order valence-corrected chi connectivity index (χ4v) is 4.46. The van der Waals surface area contributed by atoms with Crippen molar-refractivity contribution in [2.75, 3.05) is 0 Å². The predicted octanol–water partition coefficient (Wildman–Crippen LogP) is 3.09. The number of hydrogen-bond donors (Lipinski definition) is 1. The number of nitrogens with one attached hydrogen (secondary N) is 1. The maximum Gasteiger partial charge on any atom is 0.269 e. The molecule has 4 rings (SSSR count). The number of fused-ring (bicyclic) bond motifs is 1. The van der Waals surface area contributed by atoms with Crippen molar-refractivity contribution >= 4 is 33.1 Å². The van der Waals surface area contributed by atoms with Crippen molar-refractivity contribution < 1.29 is 9.72 Å². The molecule has 144 valence electrons. The van der Waals surface area contributed by atoms with E-state index < -0.39 is 4.92 Å². The number of amides is 1. The molecule has 2 heterocycles. The molecule has 9 heteroatoms. The Bertz CT molecular complexity index is 1100. The number of nitro benzene ring substituents is 1. The van der Waals surface area contributed by atoms with Crippen LogP contribution in [-0.4, -0.2) is 26.4 Å². The zero-order valence-electron chi connectivity index (χ0n) is 15.0. The Labute approximate surface area is 164 Å². The molecule has 28 heavy (non-hydrogen) atoms. The van der Waals surface area contributed by atoms with Gasteiger partial charge in [-0.05, 0) is 30.5 Å². The van der Waals surface area contributed by atoms with Gasteiger partial charge in [0.1, 0.15) is 11.4 Å². The summed E-state index contributed by atoms with van der Waals surface area (Å²) in [5, 5.41) is 16.0. The fraction of sp³-hybridized carbons (Fsp3) is 0.316. The van der Waals surface area contributed by atoms with Gasteiger partial charge in [-0.1, -0.05) is 12.8 Å². The Morgan fingerprint density at radius 3 is 2.68 bits per heavy atom. The highest BCUT2D eigenvalue weighted by Gasteiger charge is 2.19. The van der Waals surface area contributed by atoms with E-state index in [0.29, 0.717) is 21.3 Å². The van der Waals surface area contributed by atoms with Crippen molar-refractivity contribution in [2.24, 2.45) is 0 Å². The average Bonchev–Trinajstić information content (AvgIpc) is 3.34. The highest BCUT2D eigenvalue weighted by molar-refractivity contribution is 7.17. The summed E-state index contributed by atoms with van der Waals surface area (Å²) in [5.41, 5.74) is 1.06. The van der Waals surface area contributed by atoms with E-state index >= 15 is 0 Å².